The van der Waals surface area contributed by atoms with Crippen molar-refractivity contribution in [2.24, 2.45) is 0 Å². The smallest absolute Gasteiger partial charge is 0.138 e. The molecule has 1 N–H and O–H groups in total. The lowest BCUT2D eigenvalue weighted by atomic mass is 10.3. The summed E-state index contributed by atoms with van der Waals surface area (Å²) in [5, 5.41) is 13.6. The van der Waals surface area contributed by atoms with Crippen molar-refractivity contribution in [2.45, 2.75) is 26.0 Å². The second-order valence-electron chi connectivity index (χ2n) is 2.81. The van der Waals surface area contributed by atoms with Crippen LogP contribution in [0.25, 0.3) is 0 Å². The first kappa shape index (κ1) is 10.5. The van der Waals surface area contributed by atoms with Gasteiger partial charge in [-0.2, -0.15) is 16.9 Å². The third-order valence-corrected chi connectivity index (χ3v) is 2.49. The lowest BCUT2D eigenvalue weighted by Gasteiger charge is -2.08. The van der Waals surface area contributed by atoms with Crippen LogP contribution in [0.3, 0.4) is 0 Å². The lowest BCUT2D eigenvalue weighted by molar-refractivity contribution is 0.195. The highest BCUT2D eigenvalue weighted by molar-refractivity contribution is 7.98. The average Bonchev–Trinajstić information content (AvgIpc) is 2.52. The van der Waals surface area contributed by atoms with Crippen LogP contribution in [0.5, 0.6) is 0 Å². The highest BCUT2D eigenvalue weighted by Crippen LogP contribution is 2.04. The van der Waals surface area contributed by atoms with Gasteiger partial charge < -0.3 is 5.11 Å². The standard InChI is InChI=1S/C8H15N3OS/c1-3-11-8(9-6-10-11)4-7(12)5-13-2/h6-7,12H,3-5H2,1-2H3. The zero-order chi connectivity index (χ0) is 9.68. The van der Waals surface area contributed by atoms with E-state index in [2.05, 4.69) is 10.1 Å². The maximum atomic E-state index is 9.54. The van der Waals surface area contributed by atoms with Crippen molar-refractivity contribution in [2.75, 3.05) is 12.0 Å². The van der Waals surface area contributed by atoms with Crippen molar-refractivity contribution in [1.29, 1.82) is 0 Å². The number of aryl methyl sites for hydroxylation is 1. The van der Waals surface area contributed by atoms with Gasteiger partial charge in [0.05, 0.1) is 6.10 Å². The summed E-state index contributed by atoms with van der Waals surface area (Å²) in [5.74, 6) is 1.61. The molecule has 1 atom stereocenters. The fourth-order valence-corrected chi connectivity index (χ4v) is 1.68. The molecule has 1 aromatic rings. The zero-order valence-corrected chi connectivity index (χ0v) is 8.79. The minimum absolute atomic E-state index is 0.315. The summed E-state index contributed by atoms with van der Waals surface area (Å²) in [6, 6.07) is 0. The van der Waals surface area contributed by atoms with E-state index in [1.54, 1.807) is 11.8 Å². The van der Waals surface area contributed by atoms with Crippen molar-refractivity contribution in [3.63, 3.8) is 0 Å². The van der Waals surface area contributed by atoms with E-state index in [-0.39, 0.29) is 6.10 Å². The van der Waals surface area contributed by atoms with Crippen LogP contribution in [0.15, 0.2) is 6.33 Å². The van der Waals surface area contributed by atoms with E-state index in [9.17, 15) is 5.11 Å². The molecule has 0 amide bonds. The van der Waals surface area contributed by atoms with Gasteiger partial charge in [-0.1, -0.05) is 0 Å². The van der Waals surface area contributed by atoms with Crippen LogP contribution in [0.2, 0.25) is 0 Å². The summed E-state index contributed by atoms with van der Waals surface area (Å²) in [7, 11) is 0. The van der Waals surface area contributed by atoms with Gasteiger partial charge in [0.2, 0.25) is 0 Å². The molecule has 0 spiro atoms. The summed E-state index contributed by atoms with van der Waals surface area (Å²) in [4.78, 5) is 4.09. The fraction of sp³-hybridized carbons (Fsp3) is 0.750. The highest BCUT2D eigenvalue weighted by Gasteiger charge is 2.09. The van der Waals surface area contributed by atoms with Gasteiger partial charge in [0, 0.05) is 18.7 Å². The molecule has 0 aliphatic rings. The lowest BCUT2D eigenvalue weighted by Crippen LogP contribution is -2.17. The molecule has 0 saturated carbocycles. The van der Waals surface area contributed by atoms with Gasteiger partial charge in [0.1, 0.15) is 12.2 Å². The molecule has 1 aromatic heterocycles. The van der Waals surface area contributed by atoms with Crippen LogP contribution < -0.4 is 0 Å². The molecule has 0 aliphatic heterocycles. The summed E-state index contributed by atoms with van der Waals surface area (Å²) in [6.07, 6.45) is 3.79. The van der Waals surface area contributed by atoms with Gasteiger partial charge in [-0.3, -0.25) is 4.68 Å². The van der Waals surface area contributed by atoms with E-state index in [1.165, 1.54) is 6.33 Å². The highest BCUT2D eigenvalue weighted by atomic mass is 32.2. The van der Waals surface area contributed by atoms with E-state index in [0.29, 0.717) is 6.42 Å². The quantitative estimate of drug-likeness (QED) is 0.756. The van der Waals surface area contributed by atoms with Crippen molar-refractivity contribution in [1.82, 2.24) is 14.8 Å². The van der Waals surface area contributed by atoms with Crippen LogP contribution in [0.1, 0.15) is 12.7 Å². The maximum absolute atomic E-state index is 9.54. The van der Waals surface area contributed by atoms with Crippen LogP contribution in [-0.4, -0.2) is 38.0 Å². The molecule has 1 unspecified atom stereocenters. The topological polar surface area (TPSA) is 50.9 Å². The Labute approximate surface area is 82.4 Å². The summed E-state index contributed by atoms with van der Waals surface area (Å²) < 4.78 is 1.81. The normalized spacial score (nSPS) is 13.2. The fourth-order valence-electron chi connectivity index (χ4n) is 1.17. The Kier molecular flexibility index (Phi) is 4.24. The van der Waals surface area contributed by atoms with Crippen molar-refractivity contribution < 1.29 is 5.11 Å². The Morgan fingerprint density at radius 1 is 1.69 bits per heavy atom. The number of aliphatic hydroxyl groups is 1. The Hall–Kier alpha value is -0.550. The first-order valence-electron chi connectivity index (χ1n) is 4.31. The van der Waals surface area contributed by atoms with Crippen LogP contribution in [0, 0.1) is 0 Å². The Morgan fingerprint density at radius 2 is 2.46 bits per heavy atom. The molecular weight excluding hydrogens is 186 g/mol. The van der Waals surface area contributed by atoms with Gasteiger partial charge in [-0.25, -0.2) is 4.98 Å². The minimum Gasteiger partial charge on any atom is -0.392 e. The molecule has 4 nitrogen and oxygen atoms in total. The van der Waals surface area contributed by atoms with E-state index >= 15 is 0 Å². The van der Waals surface area contributed by atoms with Crippen LogP contribution >= 0.6 is 11.8 Å². The molecule has 74 valence electrons. The summed E-state index contributed by atoms with van der Waals surface area (Å²) in [6.45, 7) is 2.82. The van der Waals surface area contributed by atoms with Gasteiger partial charge in [-0.05, 0) is 13.2 Å². The first-order valence-corrected chi connectivity index (χ1v) is 5.71. The molecule has 0 fully saturated rings. The van der Waals surface area contributed by atoms with Gasteiger partial charge >= 0.3 is 0 Å². The SMILES string of the molecule is CCn1ncnc1CC(O)CSC. The minimum atomic E-state index is -0.315. The molecule has 0 bridgehead atoms. The van der Waals surface area contributed by atoms with Gasteiger partial charge in [0.25, 0.3) is 0 Å². The molecule has 5 heteroatoms. The number of hydrogen-bond acceptors (Lipinski definition) is 4. The number of rotatable bonds is 5. The monoisotopic (exact) mass is 201 g/mol. The van der Waals surface area contributed by atoms with E-state index < -0.39 is 0 Å². The number of thioether (sulfide) groups is 1. The Bertz CT molecular complexity index is 251. The molecule has 0 aromatic carbocycles. The number of aromatic nitrogens is 3. The van der Waals surface area contributed by atoms with Crippen molar-refractivity contribution in [3.05, 3.63) is 12.2 Å². The van der Waals surface area contributed by atoms with Crippen molar-refractivity contribution in [3.8, 4) is 0 Å². The molecular formula is C8H15N3OS. The zero-order valence-electron chi connectivity index (χ0n) is 7.97. The van der Waals surface area contributed by atoms with E-state index in [1.807, 2.05) is 17.9 Å². The van der Waals surface area contributed by atoms with Crippen LogP contribution in [-0.2, 0) is 13.0 Å². The molecule has 1 heterocycles. The molecule has 0 saturated heterocycles. The summed E-state index contributed by atoms with van der Waals surface area (Å²) >= 11 is 1.64. The molecule has 13 heavy (non-hydrogen) atoms. The number of hydrogen-bond donors (Lipinski definition) is 1. The van der Waals surface area contributed by atoms with Gasteiger partial charge in [0.15, 0.2) is 0 Å². The predicted molar refractivity (Wildman–Crippen MR) is 53.8 cm³/mol. The largest absolute Gasteiger partial charge is 0.392 e. The number of nitrogens with zero attached hydrogens (tertiary/aromatic N) is 3. The summed E-state index contributed by atoms with van der Waals surface area (Å²) in [5.41, 5.74) is 0. The van der Waals surface area contributed by atoms with E-state index in [0.717, 1.165) is 18.1 Å². The second-order valence-corrected chi connectivity index (χ2v) is 3.72. The first-order chi connectivity index (χ1) is 6.27. The second kappa shape index (κ2) is 5.24. The van der Waals surface area contributed by atoms with Crippen LogP contribution in [0.4, 0.5) is 0 Å². The maximum Gasteiger partial charge on any atom is 0.138 e. The average molecular weight is 201 g/mol. The Morgan fingerprint density at radius 3 is 3.08 bits per heavy atom. The van der Waals surface area contributed by atoms with Crippen molar-refractivity contribution >= 4 is 11.8 Å². The molecule has 0 aliphatic carbocycles. The molecule has 1 rings (SSSR count). The van der Waals surface area contributed by atoms with E-state index in [4.69, 9.17) is 0 Å². The predicted octanol–water partition coefficient (Wildman–Crippen LogP) is 0.564. The third kappa shape index (κ3) is 3.00. The Balaban J connectivity index is 2.52. The molecule has 0 radical (unpaired) electrons. The van der Waals surface area contributed by atoms with Gasteiger partial charge in [-0.15, -0.1) is 0 Å². The number of aliphatic hydroxyl groups excluding tert-OH is 1. The third-order valence-electron chi connectivity index (χ3n) is 1.77.